The van der Waals surface area contributed by atoms with Crippen LogP contribution in [-0.4, -0.2) is 37.0 Å². The minimum Gasteiger partial charge on any atom is -0.351 e. The monoisotopic (exact) mass is 266 g/mol. The van der Waals surface area contributed by atoms with E-state index in [2.05, 4.69) is 17.1 Å². The highest BCUT2D eigenvalue weighted by Gasteiger charge is 2.10. The standard InChI is InChI=1S/C16H30N2O/c1-2-3-4-5-6-7-8-11-16(19)17-12-15-18-13-9-10-14-18/h8,11H,2-7,9-10,12-15H2,1H3,(H,17,19)/b11-8+. The van der Waals surface area contributed by atoms with Crippen molar-refractivity contribution in [3.8, 4) is 0 Å². The summed E-state index contributed by atoms with van der Waals surface area (Å²) in [5, 5.41) is 2.95. The number of amides is 1. The number of unbranched alkanes of at least 4 members (excludes halogenated alkanes) is 5. The third-order valence-electron chi connectivity index (χ3n) is 3.67. The highest BCUT2D eigenvalue weighted by molar-refractivity contribution is 5.87. The molecule has 1 amide bonds. The first-order valence-corrected chi connectivity index (χ1v) is 7.99. The molecule has 1 aliphatic heterocycles. The quantitative estimate of drug-likeness (QED) is 0.487. The van der Waals surface area contributed by atoms with Crippen LogP contribution in [0.3, 0.4) is 0 Å². The Kier molecular flexibility index (Phi) is 9.42. The molecule has 3 heteroatoms. The van der Waals surface area contributed by atoms with Gasteiger partial charge in [-0.2, -0.15) is 0 Å². The van der Waals surface area contributed by atoms with Crippen LogP contribution >= 0.6 is 0 Å². The fourth-order valence-electron chi connectivity index (χ4n) is 2.46. The molecule has 1 fully saturated rings. The zero-order chi connectivity index (χ0) is 13.8. The van der Waals surface area contributed by atoms with E-state index in [-0.39, 0.29) is 5.91 Å². The maximum atomic E-state index is 11.5. The van der Waals surface area contributed by atoms with Crippen molar-refractivity contribution in [2.75, 3.05) is 26.2 Å². The van der Waals surface area contributed by atoms with Gasteiger partial charge in [0.1, 0.15) is 0 Å². The summed E-state index contributed by atoms with van der Waals surface area (Å²) < 4.78 is 0. The Labute approximate surface area is 118 Å². The van der Waals surface area contributed by atoms with Crippen molar-refractivity contribution in [2.45, 2.75) is 58.3 Å². The van der Waals surface area contributed by atoms with Crippen molar-refractivity contribution in [1.29, 1.82) is 0 Å². The highest BCUT2D eigenvalue weighted by atomic mass is 16.1. The summed E-state index contributed by atoms with van der Waals surface area (Å²) in [5.41, 5.74) is 0. The third-order valence-corrected chi connectivity index (χ3v) is 3.67. The molecule has 3 nitrogen and oxygen atoms in total. The van der Waals surface area contributed by atoms with E-state index in [4.69, 9.17) is 0 Å². The molecule has 0 radical (unpaired) electrons. The Morgan fingerprint density at radius 3 is 2.63 bits per heavy atom. The van der Waals surface area contributed by atoms with E-state index in [0.29, 0.717) is 0 Å². The van der Waals surface area contributed by atoms with Crippen molar-refractivity contribution in [1.82, 2.24) is 10.2 Å². The number of nitrogens with zero attached hydrogens (tertiary/aromatic N) is 1. The molecule has 0 aliphatic carbocycles. The normalized spacial score (nSPS) is 16.3. The number of allylic oxidation sites excluding steroid dienone is 1. The van der Waals surface area contributed by atoms with E-state index in [1.54, 1.807) is 6.08 Å². The second-order valence-electron chi connectivity index (χ2n) is 5.45. The molecule has 110 valence electrons. The van der Waals surface area contributed by atoms with Gasteiger partial charge >= 0.3 is 0 Å². The molecule has 0 saturated carbocycles. The molecule has 1 saturated heterocycles. The lowest BCUT2D eigenvalue weighted by Crippen LogP contribution is -2.32. The summed E-state index contributed by atoms with van der Waals surface area (Å²) >= 11 is 0. The maximum Gasteiger partial charge on any atom is 0.243 e. The van der Waals surface area contributed by atoms with Gasteiger partial charge in [-0.05, 0) is 44.8 Å². The number of carbonyl (C=O) groups is 1. The molecule has 0 aromatic carbocycles. The second kappa shape index (κ2) is 11.0. The Morgan fingerprint density at radius 2 is 1.89 bits per heavy atom. The van der Waals surface area contributed by atoms with E-state index in [1.165, 1.54) is 58.0 Å². The molecule has 0 spiro atoms. The van der Waals surface area contributed by atoms with E-state index < -0.39 is 0 Å². The predicted molar refractivity (Wildman–Crippen MR) is 81.2 cm³/mol. The largest absolute Gasteiger partial charge is 0.351 e. The van der Waals surface area contributed by atoms with Crippen LogP contribution < -0.4 is 5.32 Å². The van der Waals surface area contributed by atoms with Crippen LogP contribution in [0.25, 0.3) is 0 Å². The van der Waals surface area contributed by atoms with Gasteiger partial charge in [0.2, 0.25) is 5.91 Å². The number of carbonyl (C=O) groups excluding carboxylic acids is 1. The van der Waals surface area contributed by atoms with Gasteiger partial charge in [0, 0.05) is 13.1 Å². The Bertz CT molecular complexity index is 257. The molecule has 1 heterocycles. The van der Waals surface area contributed by atoms with Gasteiger partial charge in [0.05, 0.1) is 0 Å². The van der Waals surface area contributed by atoms with Crippen molar-refractivity contribution in [3.63, 3.8) is 0 Å². The van der Waals surface area contributed by atoms with Crippen molar-refractivity contribution >= 4 is 5.91 Å². The molecule has 0 unspecified atom stereocenters. The number of likely N-dealkylation sites (tertiary alicyclic amines) is 1. The molecular weight excluding hydrogens is 236 g/mol. The fourth-order valence-corrected chi connectivity index (χ4v) is 2.46. The van der Waals surface area contributed by atoms with Gasteiger partial charge in [0.25, 0.3) is 0 Å². The van der Waals surface area contributed by atoms with E-state index in [0.717, 1.165) is 19.5 Å². The second-order valence-corrected chi connectivity index (χ2v) is 5.45. The average molecular weight is 266 g/mol. The van der Waals surface area contributed by atoms with Gasteiger partial charge < -0.3 is 10.2 Å². The number of hydrogen-bond donors (Lipinski definition) is 1. The van der Waals surface area contributed by atoms with Gasteiger partial charge in [-0.15, -0.1) is 0 Å². The van der Waals surface area contributed by atoms with Gasteiger partial charge in [-0.25, -0.2) is 0 Å². The van der Waals surface area contributed by atoms with Crippen LogP contribution in [0.15, 0.2) is 12.2 Å². The molecule has 0 atom stereocenters. The molecule has 0 aromatic heterocycles. The minimum absolute atomic E-state index is 0.0627. The summed E-state index contributed by atoms with van der Waals surface area (Å²) in [6.45, 7) is 6.40. The predicted octanol–water partition coefficient (Wildman–Crippen LogP) is 3.12. The molecule has 1 aliphatic rings. The number of hydrogen-bond acceptors (Lipinski definition) is 2. The average Bonchev–Trinajstić information content (AvgIpc) is 2.91. The lowest BCUT2D eigenvalue weighted by Gasteiger charge is -2.13. The van der Waals surface area contributed by atoms with Crippen LogP contribution in [0.1, 0.15) is 58.3 Å². The molecule has 1 N–H and O–H groups in total. The van der Waals surface area contributed by atoms with Gasteiger partial charge in [-0.3, -0.25) is 4.79 Å². The molecule has 1 rings (SSSR count). The molecule has 19 heavy (non-hydrogen) atoms. The first kappa shape index (κ1) is 16.2. The minimum atomic E-state index is 0.0627. The maximum absolute atomic E-state index is 11.5. The molecule has 0 aromatic rings. The van der Waals surface area contributed by atoms with Crippen molar-refractivity contribution < 1.29 is 4.79 Å². The summed E-state index contributed by atoms with van der Waals surface area (Å²) in [6, 6.07) is 0. The van der Waals surface area contributed by atoms with E-state index in [9.17, 15) is 4.79 Å². The van der Waals surface area contributed by atoms with E-state index >= 15 is 0 Å². The zero-order valence-corrected chi connectivity index (χ0v) is 12.5. The summed E-state index contributed by atoms with van der Waals surface area (Å²) in [4.78, 5) is 13.9. The lowest BCUT2D eigenvalue weighted by atomic mass is 10.1. The summed E-state index contributed by atoms with van der Waals surface area (Å²) in [6.07, 6.45) is 13.8. The number of rotatable bonds is 10. The third kappa shape index (κ3) is 8.82. The lowest BCUT2D eigenvalue weighted by molar-refractivity contribution is -0.116. The molecular formula is C16H30N2O. The van der Waals surface area contributed by atoms with Crippen LogP contribution in [0, 0.1) is 0 Å². The zero-order valence-electron chi connectivity index (χ0n) is 12.5. The van der Waals surface area contributed by atoms with Gasteiger partial charge in [0.15, 0.2) is 0 Å². The van der Waals surface area contributed by atoms with E-state index in [1.807, 2.05) is 6.08 Å². The highest BCUT2D eigenvalue weighted by Crippen LogP contribution is 2.06. The Morgan fingerprint density at radius 1 is 1.16 bits per heavy atom. The SMILES string of the molecule is CCCCCCC/C=C/C(=O)NCCN1CCCC1. The smallest absolute Gasteiger partial charge is 0.243 e. The molecule has 0 bridgehead atoms. The van der Waals surface area contributed by atoms with Crippen molar-refractivity contribution in [3.05, 3.63) is 12.2 Å². The van der Waals surface area contributed by atoms with Gasteiger partial charge in [-0.1, -0.05) is 38.7 Å². The first-order chi connectivity index (χ1) is 9.33. The van der Waals surface area contributed by atoms with Crippen LogP contribution in [0.4, 0.5) is 0 Å². The summed E-state index contributed by atoms with van der Waals surface area (Å²) in [7, 11) is 0. The summed E-state index contributed by atoms with van der Waals surface area (Å²) in [5.74, 6) is 0.0627. The first-order valence-electron chi connectivity index (χ1n) is 7.99. The number of nitrogens with one attached hydrogen (secondary N) is 1. The van der Waals surface area contributed by atoms with Crippen LogP contribution in [0.5, 0.6) is 0 Å². The topological polar surface area (TPSA) is 32.3 Å². The Balaban J connectivity index is 1.91. The van der Waals surface area contributed by atoms with Crippen LogP contribution in [-0.2, 0) is 4.79 Å². The van der Waals surface area contributed by atoms with Crippen molar-refractivity contribution in [2.24, 2.45) is 0 Å². The fraction of sp³-hybridized carbons (Fsp3) is 0.812. The van der Waals surface area contributed by atoms with Crippen LogP contribution in [0.2, 0.25) is 0 Å². The Hall–Kier alpha value is -0.830.